The molecule has 0 aliphatic rings. The van der Waals surface area contributed by atoms with Crippen LogP contribution in [0.15, 0.2) is 54.6 Å². The number of pyridine rings is 1. The summed E-state index contributed by atoms with van der Waals surface area (Å²) in [6, 6.07) is 17.1. The Morgan fingerprint density at radius 1 is 1.09 bits per heavy atom. The molecule has 0 saturated carbocycles. The smallest absolute Gasteiger partial charge is 0.310 e. The summed E-state index contributed by atoms with van der Waals surface area (Å²) in [4.78, 5) is 20.1. The van der Waals surface area contributed by atoms with E-state index in [1.165, 1.54) is 6.07 Å². The van der Waals surface area contributed by atoms with Gasteiger partial charge in [-0.1, -0.05) is 0 Å². The fourth-order valence-corrected chi connectivity index (χ4v) is 3.35. The Morgan fingerprint density at radius 2 is 1.88 bits per heavy atom. The molecule has 0 N–H and O–H groups in total. The number of aryl methyl sites for hydroxylation is 1. The Hall–Kier alpha value is -4.45. The van der Waals surface area contributed by atoms with Crippen LogP contribution in [-0.4, -0.2) is 26.1 Å². The molecule has 0 aliphatic carbocycles. The van der Waals surface area contributed by atoms with Crippen LogP contribution in [0, 0.1) is 21.4 Å². The van der Waals surface area contributed by atoms with Crippen LogP contribution in [0.25, 0.3) is 22.6 Å². The van der Waals surface area contributed by atoms with E-state index in [9.17, 15) is 10.1 Å². The Labute approximate surface area is 183 Å². The highest BCUT2D eigenvalue weighted by molar-refractivity contribution is 5.78. The summed E-state index contributed by atoms with van der Waals surface area (Å²) in [5.41, 5.74) is 2.44. The molecule has 4 aromatic rings. The van der Waals surface area contributed by atoms with Crippen molar-refractivity contribution in [3.8, 4) is 34.8 Å². The molecule has 0 saturated heterocycles. The second-order valence-electron chi connectivity index (χ2n) is 6.78. The highest BCUT2D eigenvalue weighted by Gasteiger charge is 2.20. The van der Waals surface area contributed by atoms with E-state index in [0.717, 1.165) is 0 Å². The highest BCUT2D eigenvalue weighted by Crippen LogP contribution is 2.34. The lowest BCUT2D eigenvalue weighted by Gasteiger charge is -2.09. The monoisotopic (exact) mass is 429 g/mol. The third-order valence-corrected chi connectivity index (χ3v) is 4.80. The van der Waals surface area contributed by atoms with E-state index >= 15 is 0 Å². The van der Waals surface area contributed by atoms with E-state index in [4.69, 9.17) is 14.7 Å². The van der Waals surface area contributed by atoms with Gasteiger partial charge in [0.05, 0.1) is 23.2 Å². The van der Waals surface area contributed by atoms with Crippen molar-refractivity contribution in [1.29, 1.82) is 5.26 Å². The lowest BCUT2D eigenvalue weighted by molar-refractivity contribution is -0.385. The fourth-order valence-electron chi connectivity index (χ4n) is 3.35. The predicted molar refractivity (Wildman–Crippen MR) is 118 cm³/mol. The Bertz CT molecular complexity index is 1340. The van der Waals surface area contributed by atoms with Crippen molar-refractivity contribution in [2.24, 2.45) is 0 Å². The van der Waals surface area contributed by atoms with Gasteiger partial charge in [-0.2, -0.15) is 10.2 Å². The number of ether oxygens (including phenoxy) is 2. The van der Waals surface area contributed by atoms with Crippen LogP contribution in [0.1, 0.15) is 19.4 Å². The summed E-state index contributed by atoms with van der Waals surface area (Å²) in [6.45, 7) is 4.64. The van der Waals surface area contributed by atoms with Crippen molar-refractivity contribution in [1.82, 2.24) is 14.5 Å². The molecular formula is C23H19N5O4. The first-order valence-corrected chi connectivity index (χ1v) is 10.0. The first-order chi connectivity index (χ1) is 15.5. The first-order valence-electron chi connectivity index (χ1n) is 10.0. The van der Waals surface area contributed by atoms with Crippen LogP contribution in [-0.2, 0) is 6.54 Å². The zero-order valence-corrected chi connectivity index (χ0v) is 17.5. The van der Waals surface area contributed by atoms with Gasteiger partial charge in [-0.05, 0) is 56.3 Å². The highest BCUT2D eigenvalue weighted by atomic mass is 16.6. The van der Waals surface area contributed by atoms with Crippen molar-refractivity contribution in [2.75, 3.05) is 6.61 Å². The van der Waals surface area contributed by atoms with Gasteiger partial charge < -0.3 is 14.0 Å². The number of imidazole rings is 1. The third-order valence-electron chi connectivity index (χ3n) is 4.80. The maximum absolute atomic E-state index is 11.3. The number of hydrogen-bond donors (Lipinski definition) is 0. The quantitative estimate of drug-likeness (QED) is 0.297. The summed E-state index contributed by atoms with van der Waals surface area (Å²) in [5.74, 6) is 1.78. The molecule has 0 spiro atoms. The number of nitro benzene ring substituents is 1. The molecule has 0 amide bonds. The Balaban J connectivity index is 1.74. The maximum atomic E-state index is 11.3. The van der Waals surface area contributed by atoms with E-state index in [2.05, 4.69) is 16.0 Å². The summed E-state index contributed by atoms with van der Waals surface area (Å²) in [6.07, 6.45) is 0. The summed E-state index contributed by atoms with van der Waals surface area (Å²) >= 11 is 0. The van der Waals surface area contributed by atoms with Gasteiger partial charge in [0.15, 0.2) is 11.4 Å². The predicted octanol–water partition coefficient (Wildman–Crippen LogP) is 5.09. The molecule has 9 heteroatoms. The van der Waals surface area contributed by atoms with E-state index in [-0.39, 0.29) is 11.4 Å². The second kappa shape index (κ2) is 8.73. The second-order valence-corrected chi connectivity index (χ2v) is 6.78. The molecule has 9 nitrogen and oxygen atoms in total. The summed E-state index contributed by atoms with van der Waals surface area (Å²) < 4.78 is 13.2. The zero-order chi connectivity index (χ0) is 22.7. The normalized spacial score (nSPS) is 10.7. The van der Waals surface area contributed by atoms with Crippen LogP contribution in [0.4, 0.5) is 5.69 Å². The van der Waals surface area contributed by atoms with Gasteiger partial charge in [0, 0.05) is 24.2 Å². The average Bonchev–Trinajstić information content (AvgIpc) is 3.17. The van der Waals surface area contributed by atoms with Gasteiger partial charge >= 0.3 is 5.69 Å². The molecule has 0 aliphatic heterocycles. The average molecular weight is 429 g/mol. The Kier molecular flexibility index (Phi) is 5.68. The van der Waals surface area contributed by atoms with Crippen molar-refractivity contribution < 1.29 is 14.4 Å². The molecule has 2 aromatic carbocycles. The standard InChI is InChI=1S/C23H19N5O4/c1-3-27-22(16-7-11-19(28(29)30)20(13-16)31-4-2)25-18-10-12-21(26-23(18)27)32-17-8-5-15(14-24)6-9-17/h5-13H,3-4H2,1-2H3. The number of aromatic nitrogens is 3. The summed E-state index contributed by atoms with van der Waals surface area (Å²) in [7, 11) is 0. The number of nitro groups is 1. The summed E-state index contributed by atoms with van der Waals surface area (Å²) in [5, 5.41) is 20.2. The number of nitriles is 1. The van der Waals surface area contributed by atoms with Crippen molar-refractivity contribution in [3.05, 3.63) is 70.3 Å². The van der Waals surface area contributed by atoms with Crippen LogP contribution in [0.5, 0.6) is 17.4 Å². The van der Waals surface area contributed by atoms with E-state index < -0.39 is 4.92 Å². The van der Waals surface area contributed by atoms with Crippen molar-refractivity contribution in [3.63, 3.8) is 0 Å². The minimum atomic E-state index is -0.466. The van der Waals surface area contributed by atoms with Crippen LogP contribution < -0.4 is 9.47 Å². The molecular weight excluding hydrogens is 410 g/mol. The minimum Gasteiger partial charge on any atom is -0.487 e. The number of rotatable bonds is 7. The van der Waals surface area contributed by atoms with Crippen LogP contribution in [0.3, 0.4) is 0 Å². The largest absolute Gasteiger partial charge is 0.487 e. The minimum absolute atomic E-state index is 0.0917. The van der Waals surface area contributed by atoms with E-state index in [0.29, 0.717) is 52.9 Å². The number of fused-ring (bicyclic) bond motifs is 1. The Morgan fingerprint density at radius 3 is 2.53 bits per heavy atom. The third kappa shape index (κ3) is 3.94. The molecule has 0 bridgehead atoms. The molecule has 32 heavy (non-hydrogen) atoms. The van der Waals surface area contributed by atoms with Gasteiger partial charge in [0.2, 0.25) is 5.88 Å². The SMILES string of the molecule is CCOc1cc(-c2nc3ccc(Oc4ccc(C#N)cc4)nc3n2CC)ccc1[N+](=O)[O-]. The number of benzene rings is 2. The molecule has 0 atom stereocenters. The zero-order valence-electron chi connectivity index (χ0n) is 17.5. The van der Waals surface area contributed by atoms with Gasteiger partial charge in [-0.15, -0.1) is 0 Å². The fraction of sp³-hybridized carbons (Fsp3) is 0.174. The number of hydrogen-bond acceptors (Lipinski definition) is 7. The molecule has 0 unspecified atom stereocenters. The molecule has 2 heterocycles. The number of nitrogens with zero attached hydrogens (tertiary/aromatic N) is 5. The van der Waals surface area contributed by atoms with Crippen LogP contribution >= 0.6 is 0 Å². The molecule has 0 fully saturated rings. The maximum Gasteiger partial charge on any atom is 0.310 e. The van der Waals surface area contributed by atoms with Gasteiger partial charge in [0.1, 0.15) is 17.1 Å². The molecule has 0 radical (unpaired) electrons. The van der Waals surface area contributed by atoms with Crippen molar-refractivity contribution in [2.45, 2.75) is 20.4 Å². The molecule has 2 aromatic heterocycles. The lowest BCUT2D eigenvalue weighted by Crippen LogP contribution is -2.01. The molecule has 160 valence electrons. The van der Waals surface area contributed by atoms with Gasteiger partial charge in [-0.3, -0.25) is 10.1 Å². The van der Waals surface area contributed by atoms with Gasteiger partial charge in [-0.25, -0.2) is 4.98 Å². The van der Waals surface area contributed by atoms with Crippen LogP contribution in [0.2, 0.25) is 0 Å². The van der Waals surface area contributed by atoms with E-state index in [1.807, 2.05) is 17.6 Å². The van der Waals surface area contributed by atoms with Crippen molar-refractivity contribution >= 4 is 16.9 Å². The molecule has 4 rings (SSSR count). The lowest BCUT2D eigenvalue weighted by atomic mass is 10.1. The van der Waals surface area contributed by atoms with E-state index in [1.54, 1.807) is 49.4 Å². The first kappa shape index (κ1) is 20.8. The topological polar surface area (TPSA) is 116 Å². The van der Waals surface area contributed by atoms with Gasteiger partial charge in [0.25, 0.3) is 0 Å².